The summed E-state index contributed by atoms with van der Waals surface area (Å²) in [6.07, 6.45) is 8.94. The Morgan fingerprint density at radius 2 is 1.85 bits per heavy atom. The van der Waals surface area contributed by atoms with Crippen molar-refractivity contribution in [1.82, 2.24) is 0 Å². The topological polar surface area (TPSA) is 26.3 Å². The van der Waals surface area contributed by atoms with Crippen molar-refractivity contribution in [1.29, 1.82) is 0 Å². The molecule has 1 aromatic rings. The van der Waals surface area contributed by atoms with E-state index in [0.717, 1.165) is 18.8 Å². The Kier molecular flexibility index (Phi) is 5.96. The maximum absolute atomic E-state index is 12.2. The van der Waals surface area contributed by atoms with Crippen molar-refractivity contribution in [2.24, 2.45) is 11.8 Å². The Hall–Kier alpha value is -0.960. The van der Waals surface area contributed by atoms with E-state index in [4.69, 9.17) is 4.74 Å². The minimum Gasteiger partial charge on any atom is -0.426 e. The molecule has 0 N–H and O–H groups in total. The van der Waals surface area contributed by atoms with Crippen molar-refractivity contribution in [2.45, 2.75) is 50.3 Å². The Morgan fingerprint density at radius 3 is 2.40 bits per heavy atom. The molecule has 0 aromatic heterocycles. The fourth-order valence-electron chi connectivity index (χ4n) is 2.94. The van der Waals surface area contributed by atoms with Gasteiger partial charge in [-0.25, -0.2) is 0 Å². The summed E-state index contributed by atoms with van der Waals surface area (Å²) in [5, 5.41) is 0. The van der Waals surface area contributed by atoms with Gasteiger partial charge in [-0.15, -0.1) is 11.8 Å². The molecule has 0 radical (unpaired) electrons. The Bertz CT molecular complexity index is 419. The van der Waals surface area contributed by atoms with Crippen LogP contribution in [0.2, 0.25) is 0 Å². The van der Waals surface area contributed by atoms with Gasteiger partial charge in [-0.1, -0.05) is 19.8 Å². The van der Waals surface area contributed by atoms with Crippen LogP contribution in [0.15, 0.2) is 29.2 Å². The monoisotopic (exact) mass is 292 g/mol. The zero-order valence-corrected chi connectivity index (χ0v) is 13.2. The minimum absolute atomic E-state index is 0.0446. The Morgan fingerprint density at radius 1 is 1.20 bits per heavy atom. The van der Waals surface area contributed by atoms with Crippen molar-refractivity contribution in [3.63, 3.8) is 0 Å². The van der Waals surface area contributed by atoms with Crippen molar-refractivity contribution in [3.05, 3.63) is 24.3 Å². The van der Waals surface area contributed by atoms with Gasteiger partial charge in [0.25, 0.3) is 0 Å². The first-order valence-electron chi connectivity index (χ1n) is 7.58. The van der Waals surface area contributed by atoms with Crippen molar-refractivity contribution in [3.8, 4) is 5.75 Å². The van der Waals surface area contributed by atoms with Crippen molar-refractivity contribution in [2.75, 3.05) is 6.26 Å². The molecule has 1 aliphatic rings. The van der Waals surface area contributed by atoms with Crippen LogP contribution in [0.25, 0.3) is 0 Å². The molecule has 0 saturated heterocycles. The number of carbonyl (C=O) groups is 1. The molecule has 0 amide bonds. The van der Waals surface area contributed by atoms with E-state index in [1.807, 2.05) is 30.5 Å². The molecule has 0 unspecified atom stereocenters. The molecule has 1 aliphatic carbocycles. The molecule has 110 valence electrons. The van der Waals surface area contributed by atoms with Crippen molar-refractivity contribution >= 4 is 17.7 Å². The fraction of sp³-hybridized carbons (Fsp3) is 0.588. The van der Waals surface area contributed by atoms with Crippen LogP contribution in [0.1, 0.15) is 45.4 Å². The van der Waals surface area contributed by atoms with Gasteiger partial charge >= 0.3 is 5.97 Å². The van der Waals surface area contributed by atoms with Gasteiger partial charge in [0.2, 0.25) is 0 Å². The van der Waals surface area contributed by atoms with Gasteiger partial charge in [0.1, 0.15) is 5.75 Å². The summed E-state index contributed by atoms with van der Waals surface area (Å²) in [7, 11) is 0. The smallest absolute Gasteiger partial charge is 0.314 e. The molecule has 0 heterocycles. The van der Waals surface area contributed by atoms with Crippen LogP contribution < -0.4 is 4.74 Å². The number of ether oxygens (including phenoxy) is 1. The molecule has 2 rings (SSSR count). The number of thioether (sulfide) groups is 1. The summed E-state index contributed by atoms with van der Waals surface area (Å²) in [5.41, 5.74) is 0. The third kappa shape index (κ3) is 4.27. The normalized spacial score (nSPS) is 22.5. The third-order valence-corrected chi connectivity index (χ3v) is 4.90. The molecule has 3 heteroatoms. The largest absolute Gasteiger partial charge is 0.426 e. The van der Waals surface area contributed by atoms with E-state index in [-0.39, 0.29) is 11.9 Å². The van der Waals surface area contributed by atoms with Crippen LogP contribution in [-0.4, -0.2) is 12.2 Å². The van der Waals surface area contributed by atoms with Gasteiger partial charge in [-0.2, -0.15) is 0 Å². The third-order valence-electron chi connectivity index (χ3n) is 4.15. The second-order valence-corrected chi connectivity index (χ2v) is 6.48. The summed E-state index contributed by atoms with van der Waals surface area (Å²) < 4.78 is 5.50. The van der Waals surface area contributed by atoms with E-state index in [1.165, 1.54) is 30.6 Å². The van der Waals surface area contributed by atoms with Crippen LogP contribution in [0, 0.1) is 11.8 Å². The number of rotatable bonds is 5. The average Bonchev–Trinajstić information content (AvgIpc) is 2.49. The fourth-order valence-corrected chi connectivity index (χ4v) is 3.35. The van der Waals surface area contributed by atoms with E-state index >= 15 is 0 Å². The van der Waals surface area contributed by atoms with Crippen LogP contribution in [-0.2, 0) is 4.79 Å². The van der Waals surface area contributed by atoms with Gasteiger partial charge in [0, 0.05) is 4.90 Å². The predicted octanol–water partition coefficient (Wildman–Crippen LogP) is 4.92. The van der Waals surface area contributed by atoms with Crippen LogP contribution in [0.3, 0.4) is 0 Å². The van der Waals surface area contributed by atoms with E-state index < -0.39 is 0 Å². The van der Waals surface area contributed by atoms with Crippen molar-refractivity contribution < 1.29 is 9.53 Å². The van der Waals surface area contributed by atoms with E-state index in [1.54, 1.807) is 11.8 Å². The Labute approximate surface area is 126 Å². The maximum atomic E-state index is 12.2. The summed E-state index contributed by atoms with van der Waals surface area (Å²) in [4.78, 5) is 13.3. The van der Waals surface area contributed by atoms with Gasteiger partial charge in [0.05, 0.1) is 5.92 Å². The zero-order valence-electron chi connectivity index (χ0n) is 12.4. The average molecular weight is 292 g/mol. The number of carbonyl (C=O) groups excluding carboxylic acids is 1. The molecular formula is C17H24O2S. The number of hydrogen-bond donors (Lipinski definition) is 0. The highest BCUT2D eigenvalue weighted by Crippen LogP contribution is 2.32. The summed E-state index contributed by atoms with van der Waals surface area (Å²) in [6.45, 7) is 2.23. The molecule has 1 aromatic carbocycles. The molecule has 20 heavy (non-hydrogen) atoms. The summed E-state index contributed by atoms with van der Waals surface area (Å²) in [6, 6.07) is 7.75. The van der Waals surface area contributed by atoms with Gasteiger partial charge < -0.3 is 4.74 Å². The molecule has 0 atom stereocenters. The lowest BCUT2D eigenvalue weighted by Crippen LogP contribution is -2.25. The zero-order chi connectivity index (χ0) is 14.4. The minimum atomic E-state index is -0.0446. The van der Waals surface area contributed by atoms with E-state index in [0.29, 0.717) is 5.75 Å². The lowest BCUT2D eigenvalue weighted by Gasteiger charge is -2.26. The Balaban J connectivity index is 1.83. The van der Waals surface area contributed by atoms with Crippen LogP contribution in [0.5, 0.6) is 5.75 Å². The number of benzene rings is 1. The number of hydrogen-bond acceptors (Lipinski definition) is 3. The molecule has 1 fully saturated rings. The second-order valence-electron chi connectivity index (χ2n) is 5.60. The highest BCUT2D eigenvalue weighted by Gasteiger charge is 2.27. The van der Waals surface area contributed by atoms with E-state index in [2.05, 4.69) is 6.92 Å². The van der Waals surface area contributed by atoms with Gasteiger partial charge in [-0.3, -0.25) is 4.79 Å². The molecule has 1 saturated carbocycles. The lowest BCUT2D eigenvalue weighted by molar-refractivity contribution is -0.140. The van der Waals surface area contributed by atoms with Gasteiger partial charge in [-0.05, 0) is 62.1 Å². The molecular weight excluding hydrogens is 268 g/mol. The summed E-state index contributed by atoms with van der Waals surface area (Å²) >= 11 is 1.69. The molecule has 2 nitrogen and oxygen atoms in total. The highest BCUT2D eigenvalue weighted by molar-refractivity contribution is 7.98. The standard InChI is InChI=1S/C17H24O2S/c1-3-4-13-5-7-14(8-6-13)17(18)19-15-9-11-16(20-2)12-10-15/h9-14H,3-8H2,1-2H3/t13-,14-. The highest BCUT2D eigenvalue weighted by atomic mass is 32.2. The molecule has 0 aliphatic heterocycles. The summed E-state index contributed by atoms with van der Waals surface area (Å²) in [5.74, 6) is 1.55. The number of esters is 1. The SMILES string of the molecule is CCC[C@H]1CC[C@H](C(=O)Oc2ccc(SC)cc2)CC1. The van der Waals surface area contributed by atoms with Crippen LogP contribution in [0.4, 0.5) is 0 Å². The molecule has 0 spiro atoms. The van der Waals surface area contributed by atoms with E-state index in [9.17, 15) is 4.79 Å². The quantitative estimate of drug-likeness (QED) is 0.438. The predicted molar refractivity (Wildman–Crippen MR) is 84.2 cm³/mol. The first-order valence-corrected chi connectivity index (χ1v) is 8.81. The first-order chi connectivity index (χ1) is 9.72. The first kappa shape index (κ1) is 15.4. The lowest BCUT2D eigenvalue weighted by atomic mass is 9.80. The maximum Gasteiger partial charge on any atom is 0.314 e. The van der Waals surface area contributed by atoms with Crippen LogP contribution >= 0.6 is 11.8 Å². The second kappa shape index (κ2) is 7.72. The van der Waals surface area contributed by atoms with Gasteiger partial charge in [0.15, 0.2) is 0 Å². The molecule has 0 bridgehead atoms.